The van der Waals surface area contributed by atoms with Crippen molar-refractivity contribution in [3.63, 3.8) is 0 Å². The molecule has 10 heteroatoms. The number of fused-ring (bicyclic) bond motifs is 3. The average Bonchev–Trinajstić information content (AvgIpc) is 3.46. The molecule has 10 nitrogen and oxygen atoms in total. The number of methoxy groups -OCH3 is 1. The van der Waals surface area contributed by atoms with Crippen LogP contribution in [0, 0.1) is 11.3 Å². The van der Waals surface area contributed by atoms with Crippen molar-refractivity contribution in [1.29, 1.82) is 0 Å². The Kier molecular flexibility index (Phi) is 8.08. The summed E-state index contributed by atoms with van der Waals surface area (Å²) in [6.45, 7) is 11.8. The van der Waals surface area contributed by atoms with Gasteiger partial charge in [-0.2, -0.15) is 0 Å². The Labute approximate surface area is 245 Å². The summed E-state index contributed by atoms with van der Waals surface area (Å²) in [6.07, 6.45) is 6.60. The molecular formula is C32H38N4O6. The quantitative estimate of drug-likeness (QED) is 0.371. The van der Waals surface area contributed by atoms with E-state index in [4.69, 9.17) is 14.2 Å². The van der Waals surface area contributed by atoms with Gasteiger partial charge in [0.1, 0.15) is 11.3 Å². The third-order valence-electron chi connectivity index (χ3n) is 8.07. The molecule has 2 aromatic heterocycles. The molecule has 0 saturated carbocycles. The van der Waals surface area contributed by atoms with Crippen LogP contribution in [0.2, 0.25) is 0 Å². The fourth-order valence-electron chi connectivity index (χ4n) is 5.86. The van der Waals surface area contributed by atoms with E-state index in [2.05, 4.69) is 36.8 Å². The number of rotatable bonds is 7. The lowest BCUT2D eigenvalue weighted by Crippen LogP contribution is -2.33. The Bertz CT molecular complexity index is 1560. The van der Waals surface area contributed by atoms with Gasteiger partial charge >= 0.3 is 11.9 Å². The van der Waals surface area contributed by atoms with E-state index in [1.54, 1.807) is 32.6 Å². The van der Waals surface area contributed by atoms with Gasteiger partial charge in [0, 0.05) is 60.5 Å². The van der Waals surface area contributed by atoms with E-state index in [-0.39, 0.29) is 40.9 Å². The summed E-state index contributed by atoms with van der Waals surface area (Å²) < 4.78 is 18.2. The summed E-state index contributed by atoms with van der Waals surface area (Å²) >= 11 is 0. The highest BCUT2D eigenvalue weighted by Crippen LogP contribution is 2.45. The van der Waals surface area contributed by atoms with Gasteiger partial charge in [0.05, 0.1) is 31.9 Å². The molecule has 0 aliphatic carbocycles. The van der Waals surface area contributed by atoms with Crippen molar-refractivity contribution < 1.29 is 23.8 Å². The van der Waals surface area contributed by atoms with E-state index in [0.29, 0.717) is 44.2 Å². The van der Waals surface area contributed by atoms with E-state index < -0.39 is 5.97 Å². The number of pyridine rings is 1. The van der Waals surface area contributed by atoms with Gasteiger partial charge in [-0.15, -0.1) is 0 Å². The molecule has 222 valence electrons. The second-order valence-electron chi connectivity index (χ2n) is 11.8. The molecule has 0 spiro atoms. The van der Waals surface area contributed by atoms with Crippen LogP contribution in [0.3, 0.4) is 0 Å². The third kappa shape index (κ3) is 5.49. The minimum atomic E-state index is -0.613. The van der Waals surface area contributed by atoms with Crippen LogP contribution in [0.4, 0.5) is 5.95 Å². The molecule has 2 atom stereocenters. The molecule has 0 N–H and O–H groups in total. The monoisotopic (exact) mass is 574 g/mol. The van der Waals surface area contributed by atoms with Crippen molar-refractivity contribution in [2.24, 2.45) is 11.3 Å². The van der Waals surface area contributed by atoms with Crippen molar-refractivity contribution in [2.45, 2.75) is 53.5 Å². The smallest absolute Gasteiger partial charge is 0.343 e. The van der Waals surface area contributed by atoms with Crippen molar-refractivity contribution in [1.82, 2.24) is 14.5 Å². The summed E-state index contributed by atoms with van der Waals surface area (Å²) in [5.74, 6) is 0.230. The van der Waals surface area contributed by atoms with E-state index in [9.17, 15) is 14.4 Å². The van der Waals surface area contributed by atoms with E-state index in [1.807, 2.05) is 22.5 Å². The molecule has 1 saturated heterocycles. The molecule has 0 radical (unpaired) electrons. The van der Waals surface area contributed by atoms with Gasteiger partial charge in [-0.3, -0.25) is 9.59 Å². The lowest BCUT2D eigenvalue weighted by molar-refractivity contribution is -0.147. The van der Waals surface area contributed by atoms with E-state index >= 15 is 0 Å². The van der Waals surface area contributed by atoms with Crippen molar-refractivity contribution in [3.8, 4) is 28.1 Å². The van der Waals surface area contributed by atoms with Gasteiger partial charge in [-0.25, -0.2) is 14.8 Å². The maximum atomic E-state index is 13.1. The number of ether oxygens (including phenoxy) is 3. The SMILES string of the molecule is CCOC(=O)c1cn2c(cc1=O)-c1cc(OC)c(-c3cnc(N4CCC(C(=O)OCC)C4)nc3)cc1CC2C(C)(C)C. The molecule has 1 aromatic carbocycles. The number of hydrogen-bond donors (Lipinski definition) is 0. The predicted molar refractivity (Wildman–Crippen MR) is 159 cm³/mol. The van der Waals surface area contributed by atoms with Gasteiger partial charge < -0.3 is 23.7 Å². The number of nitrogens with zero attached hydrogens (tertiary/aromatic N) is 4. The maximum absolute atomic E-state index is 13.1. The van der Waals surface area contributed by atoms with Crippen molar-refractivity contribution in [3.05, 3.63) is 58.1 Å². The second kappa shape index (κ2) is 11.6. The van der Waals surface area contributed by atoms with Crippen LogP contribution in [-0.4, -0.2) is 59.9 Å². The Hall–Kier alpha value is -4.21. The van der Waals surface area contributed by atoms with Gasteiger partial charge in [0.25, 0.3) is 0 Å². The van der Waals surface area contributed by atoms with Crippen LogP contribution >= 0.6 is 0 Å². The summed E-state index contributed by atoms with van der Waals surface area (Å²) in [5, 5.41) is 0. The van der Waals surface area contributed by atoms with Gasteiger partial charge in [0.2, 0.25) is 5.95 Å². The zero-order valence-corrected chi connectivity index (χ0v) is 25.1. The number of aromatic nitrogens is 3. The number of benzene rings is 1. The normalized spacial score (nSPS) is 17.8. The summed E-state index contributed by atoms with van der Waals surface area (Å²) in [5.41, 5.74) is 3.81. The molecule has 2 aliphatic heterocycles. The topological polar surface area (TPSA) is 113 Å². The molecule has 2 aliphatic rings. The van der Waals surface area contributed by atoms with Gasteiger partial charge in [-0.05, 0) is 49.8 Å². The molecule has 0 amide bonds. The Morgan fingerprint density at radius 2 is 1.74 bits per heavy atom. The molecule has 5 rings (SSSR count). The molecular weight excluding hydrogens is 536 g/mol. The van der Waals surface area contributed by atoms with Crippen LogP contribution < -0.4 is 15.1 Å². The maximum Gasteiger partial charge on any atom is 0.343 e. The third-order valence-corrected chi connectivity index (χ3v) is 8.07. The number of anilines is 1. The molecule has 1 fully saturated rings. The molecule has 3 aromatic rings. The zero-order chi connectivity index (χ0) is 30.2. The number of hydrogen-bond acceptors (Lipinski definition) is 9. The van der Waals surface area contributed by atoms with E-state index in [1.165, 1.54) is 6.07 Å². The molecule has 4 heterocycles. The number of carbonyl (C=O) groups excluding carboxylic acids is 2. The Morgan fingerprint density at radius 1 is 1.02 bits per heavy atom. The van der Waals surface area contributed by atoms with Crippen LogP contribution in [0.1, 0.15) is 63.0 Å². The lowest BCUT2D eigenvalue weighted by atomic mass is 9.78. The zero-order valence-electron chi connectivity index (χ0n) is 25.1. The summed E-state index contributed by atoms with van der Waals surface area (Å²) in [4.78, 5) is 49.0. The van der Waals surface area contributed by atoms with Crippen LogP contribution in [0.15, 0.2) is 41.6 Å². The highest BCUT2D eigenvalue weighted by molar-refractivity contribution is 5.90. The summed E-state index contributed by atoms with van der Waals surface area (Å²) in [7, 11) is 1.61. The first kappa shape index (κ1) is 29.3. The minimum Gasteiger partial charge on any atom is -0.496 e. The van der Waals surface area contributed by atoms with Crippen molar-refractivity contribution >= 4 is 17.9 Å². The largest absolute Gasteiger partial charge is 0.496 e. The van der Waals surface area contributed by atoms with Crippen LogP contribution in [0.5, 0.6) is 5.75 Å². The standard InChI is InChI=1S/C32H38N4O6/c1-7-41-29(38)19-9-10-35(17-19)31-33-15-21(16-34-31)23-11-20-12-28(32(3,4)5)36-18-24(30(39)42-8-2)26(37)14-25(36)22(20)13-27(23)40-6/h11,13-16,18-19,28H,7-10,12,17H2,1-6H3. The Balaban J connectivity index is 1.51. The highest BCUT2D eigenvalue weighted by atomic mass is 16.5. The first-order chi connectivity index (χ1) is 20.0. The van der Waals surface area contributed by atoms with Gasteiger partial charge in [-0.1, -0.05) is 20.8 Å². The molecule has 0 bridgehead atoms. The first-order valence-electron chi connectivity index (χ1n) is 14.4. The lowest BCUT2D eigenvalue weighted by Gasteiger charge is -2.39. The molecule has 42 heavy (non-hydrogen) atoms. The second-order valence-corrected chi connectivity index (χ2v) is 11.8. The van der Waals surface area contributed by atoms with Gasteiger partial charge in [0.15, 0.2) is 5.43 Å². The fourth-order valence-corrected chi connectivity index (χ4v) is 5.86. The van der Waals surface area contributed by atoms with Crippen LogP contribution in [0.25, 0.3) is 22.4 Å². The first-order valence-corrected chi connectivity index (χ1v) is 14.4. The molecule has 2 unspecified atom stereocenters. The fraction of sp³-hybridized carbons (Fsp3) is 0.469. The number of esters is 2. The number of carbonyl (C=O) groups is 2. The summed E-state index contributed by atoms with van der Waals surface area (Å²) in [6, 6.07) is 5.54. The van der Waals surface area contributed by atoms with Crippen LogP contribution in [-0.2, 0) is 20.7 Å². The average molecular weight is 575 g/mol. The highest BCUT2D eigenvalue weighted by Gasteiger charge is 2.35. The predicted octanol–water partition coefficient (Wildman–Crippen LogP) is 4.69. The Morgan fingerprint density at radius 3 is 2.38 bits per heavy atom. The van der Waals surface area contributed by atoms with E-state index in [0.717, 1.165) is 27.9 Å². The minimum absolute atomic E-state index is 0.0174. The van der Waals surface area contributed by atoms with Crippen molar-refractivity contribution in [2.75, 3.05) is 38.3 Å².